The monoisotopic (exact) mass is 326 g/mol. The second-order valence-electron chi connectivity index (χ2n) is 6.59. The van der Waals surface area contributed by atoms with E-state index in [0.717, 1.165) is 5.01 Å². The number of carboxylic acids is 1. The van der Waals surface area contributed by atoms with Gasteiger partial charge in [0.15, 0.2) is 0 Å². The maximum absolute atomic E-state index is 12.7. The normalized spacial score (nSPS) is 22.1. The maximum atomic E-state index is 12.7. The first-order valence-corrected chi connectivity index (χ1v) is 8.12. The second kappa shape index (κ2) is 6.34. The lowest BCUT2D eigenvalue weighted by molar-refractivity contribution is -0.138. The zero-order valence-corrected chi connectivity index (χ0v) is 14.1. The van der Waals surface area contributed by atoms with Gasteiger partial charge in [0.2, 0.25) is 0 Å². The van der Waals surface area contributed by atoms with Gasteiger partial charge >= 0.3 is 5.97 Å². The van der Waals surface area contributed by atoms with Crippen molar-refractivity contribution in [2.24, 2.45) is 0 Å². The lowest BCUT2D eigenvalue weighted by atomic mass is 9.98. The van der Waals surface area contributed by atoms with E-state index in [1.54, 1.807) is 17.4 Å². The van der Waals surface area contributed by atoms with Crippen LogP contribution >= 0.6 is 11.3 Å². The third-order valence-corrected chi connectivity index (χ3v) is 5.01. The fourth-order valence-electron chi connectivity index (χ4n) is 2.55. The summed E-state index contributed by atoms with van der Waals surface area (Å²) in [6, 6.07) is -0.338. The number of carbonyl (C=O) groups is 2. The molecule has 1 N–H and O–H groups in total. The van der Waals surface area contributed by atoms with Crippen molar-refractivity contribution in [1.29, 1.82) is 0 Å². The van der Waals surface area contributed by atoms with Crippen LogP contribution in [0, 0.1) is 0 Å². The highest BCUT2D eigenvalue weighted by Gasteiger charge is 2.37. The molecule has 0 spiro atoms. The van der Waals surface area contributed by atoms with E-state index in [4.69, 9.17) is 9.84 Å². The zero-order valence-electron chi connectivity index (χ0n) is 13.3. The minimum absolute atomic E-state index is 0.0676. The van der Waals surface area contributed by atoms with E-state index in [0.29, 0.717) is 18.7 Å². The number of nitrogens with zero attached hydrogens (tertiary/aromatic N) is 2. The zero-order chi connectivity index (χ0) is 16.5. The van der Waals surface area contributed by atoms with Crippen LogP contribution in [0.2, 0.25) is 0 Å². The maximum Gasteiger partial charge on any atom is 0.305 e. The third-order valence-electron chi connectivity index (χ3n) is 3.75. The molecule has 1 fully saturated rings. The SMILES string of the molecule is COC1CC(CC(=O)O)N(C(=O)c2csc(C(C)(C)C)n2)C1. The van der Waals surface area contributed by atoms with Crippen LogP contribution in [0.3, 0.4) is 0 Å². The number of aliphatic carboxylic acids is 1. The predicted molar refractivity (Wildman–Crippen MR) is 83.3 cm³/mol. The quantitative estimate of drug-likeness (QED) is 0.917. The Balaban J connectivity index is 2.19. The summed E-state index contributed by atoms with van der Waals surface area (Å²) < 4.78 is 5.29. The lowest BCUT2D eigenvalue weighted by Gasteiger charge is -2.22. The Kier molecular flexibility index (Phi) is 4.87. The van der Waals surface area contributed by atoms with Crippen molar-refractivity contribution in [1.82, 2.24) is 9.88 Å². The first-order chi connectivity index (χ1) is 10.2. The fourth-order valence-corrected chi connectivity index (χ4v) is 3.43. The van der Waals surface area contributed by atoms with Gasteiger partial charge in [-0.25, -0.2) is 4.98 Å². The molecule has 1 aliphatic rings. The molecule has 22 heavy (non-hydrogen) atoms. The van der Waals surface area contributed by atoms with E-state index in [2.05, 4.69) is 4.98 Å². The molecular weight excluding hydrogens is 304 g/mol. The Morgan fingerprint density at radius 1 is 1.50 bits per heavy atom. The van der Waals surface area contributed by atoms with Crippen molar-refractivity contribution in [2.75, 3.05) is 13.7 Å². The summed E-state index contributed by atoms with van der Waals surface area (Å²) in [5, 5.41) is 11.7. The summed E-state index contributed by atoms with van der Waals surface area (Å²) in [5.41, 5.74) is 0.283. The van der Waals surface area contributed by atoms with Crippen LogP contribution in [0.4, 0.5) is 0 Å². The number of likely N-dealkylation sites (tertiary alicyclic amines) is 1. The van der Waals surface area contributed by atoms with E-state index >= 15 is 0 Å². The van der Waals surface area contributed by atoms with Gasteiger partial charge in [0.1, 0.15) is 5.69 Å². The van der Waals surface area contributed by atoms with E-state index in [1.165, 1.54) is 11.3 Å². The summed E-state index contributed by atoms with van der Waals surface area (Å²) in [4.78, 5) is 29.7. The van der Waals surface area contributed by atoms with Crippen LogP contribution in [-0.4, -0.2) is 52.7 Å². The molecule has 1 amide bonds. The van der Waals surface area contributed by atoms with E-state index < -0.39 is 5.97 Å². The number of methoxy groups -OCH3 is 1. The largest absolute Gasteiger partial charge is 0.481 e. The first kappa shape index (κ1) is 16.9. The minimum atomic E-state index is -0.909. The van der Waals surface area contributed by atoms with E-state index in [1.807, 2.05) is 20.8 Å². The highest BCUT2D eigenvalue weighted by Crippen LogP contribution is 2.28. The van der Waals surface area contributed by atoms with Gasteiger partial charge in [-0.3, -0.25) is 9.59 Å². The number of amides is 1. The van der Waals surface area contributed by atoms with Crippen LogP contribution in [0.25, 0.3) is 0 Å². The van der Waals surface area contributed by atoms with Crippen LogP contribution in [0.5, 0.6) is 0 Å². The summed E-state index contributed by atoms with van der Waals surface area (Å²) in [6.45, 7) is 6.55. The Bertz CT molecular complexity index is 564. The molecule has 0 bridgehead atoms. The predicted octanol–water partition coefficient (Wildman–Crippen LogP) is 2.14. The Morgan fingerprint density at radius 3 is 2.68 bits per heavy atom. The van der Waals surface area contributed by atoms with Crippen molar-refractivity contribution < 1.29 is 19.4 Å². The number of carbonyl (C=O) groups excluding carboxylic acids is 1. The second-order valence-corrected chi connectivity index (χ2v) is 7.45. The first-order valence-electron chi connectivity index (χ1n) is 7.24. The lowest BCUT2D eigenvalue weighted by Crippen LogP contribution is -2.37. The minimum Gasteiger partial charge on any atom is -0.481 e. The topological polar surface area (TPSA) is 79.7 Å². The standard InChI is InChI=1S/C15H22N2O4S/c1-15(2,3)14-16-11(8-22-14)13(20)17-7-10(21-4)5-9(17)6-12(18)19/h8-10H,5-7H2,1-4H3,(H,18,19). The average molecular weight is 326 g/mol. The molecule has 2 heterocycles. The summed E-state index contributed by atoms with van der Waals surface area (Å²) in [7, 11) is 1.58. The summed E-state index contributed by atoms with van der Waals surface area (Å²) >= 11 is 1.46. The number of ether oxygens (including phenoxy) is 1. The molecular formula is C15H22N2O4S. The molecule has 6 nitrogen and oxygen atoms in total. The number of hydrogen-bond donors (Lipinski definition) is 1. The average Bonchev–Trinajstić information content (AvgIpc) is 3.02. The summed E-state index contributed by atoms with van der Waals surface area (Å²) in [6.07, 6.45) is 0.362. The molecule has 1 aromatic rings. The van der Waals surface area contributed by atoms with Crippen molar-refractivity contribution in [3.05, 3.63) is 16.1 Å². The van der Waals surface area contributed by atoms with Gasteiger partial charge in [-0.15, -0.1) is 11.3 Å². The third kappa shape index (κ3) is 3.64. The number of rotatable bonds is 4. The molecule has 1 aromatic heterocycles. The van der Waals surface area contributed by atoms with Crippen molar-refractivity contribution in [2.45, 2.75) is 51.2 Å². The smallest absolute Gasteiger partial charge is 0.305 e. The molecule has 2 unspecified atom stereocenters. The van der Waals surface area contributed by atoms with Gasteiger partial charge < -0.3 is 14.7 Å². The molecule has 122 valence electrons. The van der Waals surface area contributed by atoms with Gasteiger partial charge in [-0.05, 0) is 6.42 Å². The van der Waals surface area contributed by atoms with Gasteiger partial charge in [-0.1, -0.05) is 20.8 Å². The van der Waals surface area contributed by atoms with Crippen LogP contribution in [0.1, 0.15) is 49.1 Å². The van der Waals surface area contributed by atoms with E-state index in [9.17, 15) is 9.59 Å². The fraction of sp³-hybridized carbons (Fsp3) is 0.667. The number of hydrogen-bond acceptors (Lipinski definition) is 5. The van der Waals surface area contributed by atoms with Gasteiger partial charge in [0.05, 0.1) is 17.5 Å². The van der Waals surface area contributed by atoms with Crippen molar-refractivity contribution in [3.8, 4) is 0 Å². The number of thiazole rings is 1. The number of aromatic nitrogens is 1. The molecule has 1 saturated heterocycles. The van der Waals surface area contributed by atoms with E-state index in [-0.39, 0.29) is 29.9 Å². The molecule has 0 aromatic carbocycles. The summed E-state index contributed by atoms with van der Waals surface area (Å²) in [5.74, 6) is -1.12. The van der Waals surface area contributed by atoms with Gasteiger partial charge in [0, 0.05) is 30.5 Å². The van der Waals surface area contributed by atoms with Gasteiger partial charge in [0.25, 0.3) is 5.91 Å². The molecule has 7 heteroatoms. The van der Waals surface area contributed by atoms with Crippen LogP contribution in [-0.2, 0) is 14.9 Å². The molecule has 2 rings (SSSR count). The van der Waals surface area contributed by atoms with Crippen molar-refractivity contribution in [3.63, 3.8) is 0 Å². The molecule has 2 atom stereocenters. The Morgan fingerprint density at radius 2 is 2.18 bits per heavy atom. The molecule has 0 saturated carbocycles. The van der Waals surface area contributed by atoms with Crippen molar-refractivity contribution >= 4 is 23.2 Å². The Labute approximate surface area is 134 Å². The Hall–Kier alpha value is -1.47. The highest BCUT2D eigenvalue weighted by molar-refractivity contribution is 7.10. The van der Waals surface area contributed by atoms with Gasteiger partial charge in [-0.2, -0.15) is 0 Å². The van der Waals surface area contributed by atoms with Crippen LogP contribution in [0.15, 0.2) is 5.38 Å². The number of carboxylic acid groups (broad SMARTS) is 1. The highest BCUT2D eigenvalue weighted by atomic mass is 32.1. The molecule has 1 aliphatic heterocycles. The molecule has 0 aliphatic carbocycles. The van der Waals surface area contributed by atoms with Crippen LogP contribution < -0.4 is 0 Å². The molecule has 0 radical (unpaired) electrons.